The number of nitrogens with zero attached hydrogens (tertiary/aromatic N) is 3. The van der Waals surface area contributed by atoms with Gasteiger partial charge in [-0.05, 0) is 19.5 Å². The Labute approximate surface area is 97.3 Å². The second-order valence-corrected chi connectivity index (χ2v) is 3.53. The predicted molar refractivity (Wildman–Crippen MR) is 60.2 cm³/mol. The van der Waals surface area contributed by atoms with Crippen LogP contribution in [0.5, 0.6) is 0 Å². The summed E-state index contributed by atoms with van der Waals surface area (Å²) < 4.78 is 5.45. The zero-order chi connectivity index (χ0) is 12.3. The normalized spacial score (nSPS) is 12.6. The van der Waals surface area contributed by atoms with Gasteiger partial charge in [-0.3, -0.25) is 4.79 Å². The predicted octanol–water partition coefficient (Wildman–Crippen LogP) is 0.490. The lowest BCUT2D eigenvalue weighted by Crippen LogP contribution is -2.17. The number of aromatic nitrogens is 4. The first-order valence-electron chi connectivity index (χ1n) is 5.33. The topological polar surface area (TPSA) is 96.7 Å². The molecule has 17 heavy (non-hydrogen) atoms. The Balaban J connectivity index is 2.23. The molecule has 0 radical (unpaired) electrons. The summed E-state index contributed by atoms with van der Waals surface area (Å²) in [4.78, 5) is 10.9. The molecule has 0 fully saturated rings. The van der Waals surface area contributed by atoms with E-state index in [4.69, 9.17) is 4.42 Å². The molecule has 2 heterocycles. The van der Waals surface area contributed by atoms with Gasteiger partial charge < -0.3 is 9.73 Å². The molecule has 90 valence electrons. The summed E-state index contributed by atoms with van der Waals surface area (Å²) in [5.74, 6) is 0.788. The molecule has 0 saturated heterocycles. The molecule has 0 bridgehead atoms. The average molecular weight is 235 g/mol. The Morgan fingerprint density at radius 3 is 2.94 bits per heavy atom. The Kier molecular flexibility index (Phi) is 3.29. The maximum Gasteiger partial charge on any atom is 0.268 e. The van der Waals surface area contributed by atoms with Crippen LogP contribution in [0.2, 0.25) is 0 Å². The lowest BCUT2D eigenvalue weighted by molar-refractivity contribution is 0.428. The zero-order valence-corrected chi connectivity index (χ0v) is 9.60. The third-order valence-electron chi connectivity index (χ3n) is 2.22. The SMILES string of the molecule is CCNC(C)c1nnc(-c2ccc(=O)[nH]n2)o1. The zero-order valence-electron chi connectivity index (χ0n) is 9.60. The van der Waals surface area contributed by atoms with Crippen molar-refractivity contribution >= 4 is 0 Å². The van der Waals surface area contributed by atoms with Crippen LogP contribution in [0.3, 0.4) is 0 Å². The third-order valence-corrected chi connectivity index (χ3v) is 2.22. The van der Waals surface area contributed by atoms with Crippen LogP contribution < -0.4 is 10.9 Å². The monoisotopic (exact) mass is 235 g/mol. The molecule has 0 aliphatic rings. The van der Waals surface area contributed by atoms with E-state index in [9.17, 15) is 4.79 Å². The fourth-order valence-electron chi connectivity index (χ4n) is 1.37. The van der Waals surface area contributed by atoms with Crippen LogP contribution in [0.25, 0.3) is 11.6 Å². The third kappa shape index (κ3) is 2.56. The summed E-state index contributed by atoms with van der Waals surface area (Å²) in [6.07, 6.45) is 0. The Hall–Kier alpha value is -2.02. The molecule has 7 heteroatoms. The van der Waals surface area contributed by atoms with Crippen LogP contribution in [-0.4, -0.2) is 26.9 Å². The first-order valence-corrected chi connectivity index (χ1v) is 5.33. The molecular weight excluding hydrogens is 222 g/mol. The molecule has 2 aromatic heterocycles. The van der Waals surface area contributed by atoms with E-state index < -0.39 is 0 Å². The first-order chi connectivity index (χ1) is 8.20. The summed E-state index contributed by atoms with van der Waals surface area (Å²) in [7, 11) is 0. The molecule has 0 aromatic carbocycles. The Bertz CT molecular complexity index is 527. The van der Waals surface area contributed by atoms with Gasteiger partial charge in [0.1, 0.15) is 5.69 Å². The van der Waals surface area contributed by atoms with Crippen LogP contribution in [0.1, 0.15) is 25.8 Å². The van der Waals surface area contributed by atoms with E-state index in [2.05, 4.69) is 25.7 Å². The summed E-state index contributed by atoms with van der Waals surface area (Å²) >= 11 is 0. The molecule has 2 rings (SSSR count). The molecule has 0 spiro atoms. The summed E-state index contributed by atoms with van der Waals surface area (Å²) in [6, 6.07) is 2.89. The van der Waals surface area contributed by atoms with E-state index in [0.29, 0.717) is 17.5 Å². The van der Waals surface area contributed by atoms with E-state index in [1.54, 1.807) is 0 Å². The van der Waals surface area contributed by atoms with Gasteiger partial charge in [0.15, 0.2) is 0 Å². The van der Waals surface area contributed by atoms with Crippen molar-refractivity contribution in [1.82, 2.24) is 25.7 Å². The Morgan fingerprint density at radius 2 is 2.29 bits per heavy atom. The van der Waals surface area contributed by atoms with E-state index in [1.165, 1.54) is 12.1 Å². The van der Waals surface area contributed by atoms with Gasteiger partial charge in [0, 0.05) is 6.07 Å². The number of nitrogens with one attached hydrogen (secondary N) is 2. The van der Waals surface area contributed by atoms with Crippen molar-refractivity contribution in [3.8, 4) is 11.6 Å². The molecule has 1 unspecified atom stereocenters. The lowest BCUT2D eigenvalue weighted by Gasteiger charge is -2.05. The minimum Gasteiger partial charge on any atom is -0.417 e. The summed E-state index contributed by atoms with van der Waals surface area (Å²) in [5.41, 5.74) is 0.182. The van der Waals surface area contributed by atoms with E-state index in [-0.39, 0.29) is 11.6 Å². The average Bonchev–Trinajstić information content (AvgIpc) is 2.80. The highest BCUT2D eigenvalue weighted by molar-refractivity contribution is 5.43. The number of aromatic amines is 1. The molecule has 1 atom stereocenters. The van der Waals surface area contributed by atoms with E-state index in [0.717, 1.165) is 6.54 Å². The minimum absolute atomic E-state index is 0.0102. The molecule has 0 saturated carbocycles. The van der Waals surface area contributed by atoms with Gasteiger partial charge in [0.05, 0.1) is 6.04 Å². The van der Waals surface area contributed by atoms with E-state index in [1.807, 2.05) is 13.8 Å². The minimum atomic E-state index is -0.269. The van der Waals surface area contributed by atoms with Crippen molar-refractivity contribution in [2.75, 3.05) is 6.54 Å². The van der Waals surface area contributed by atoms with Crippen molar-refractivity contribution in [3.05, 3.63) is 28.4 Å². The van der Waals surface area contributed by atoms with Gasteiger partial charge in [-0.15, -0.1) is 10.2 Å². The van der Waals surface area contributed by atoms with Crippen molar-refractivity contribution in [1.29, 1.82) is 0 Å². The number of rotatable bonds is 4. The number of hydrogen-bond donors (Lipinski definition) is 2. The highest BCUT2D eigenvalue weighted by Crippen LogP contribution is 2.17. The van der Waals surface area contributed by atoms with Gasteiger partial charge in [-0.1, -0.05) is 6.92 Å². The van der Waals surface area contributed by atoms with Gasteiger partial charge in [0.2, 0.25) is 5.89 Å². The fourth-order valence-corrected chi connectivity index (χ4v) is 1.37. The Morgan fingerprint density at radius 1 is 1.47 bits per heavy atom. The highest BCUT2D eigenvalue weighted by Gasteiger charge is 2.14. The van der Waals surface area contributed by atoms with Gasteiger partial charge in [-0.25, -0.2) is 5.10 Å². The van der Waals surface area contributed by atoms with Crippen LogP contribution in [0.15, 0.2) is 21.3 Å². The summed E-state index contributed by atoms with van der Waals surface area (Å²) in [6.45, 7) is 4.74. The second kappa shape index (κ2) is 4.88. The van der Waals surface area contributed by atoms with Crippen LogP contribution in [0, 0.1) is 0 Å². The molecule has 2 aromatic rings. The lowest BCUT2D eigenvalue weighted by atomic mass is 10.3. The molecule has 0 aliphatic heterocycles. The quantitative estimate of drug-likeness (QED) is 0.800. The fraction of sp³-hybridized carbons (Fsp3) is 0.400. The van der Waals surface area contributed by atoms with Gasteiger partial charge in [0.25, 0.3) is 11.4 Å². The second-order valence-electron chi connectivity index (χ2n) is 3.53. The molecule has 2 N–H and O–H groups in total. The number of H-pyrrole nitrogens is 1. The van der Waals surface area contributed by atoms with Gasteiger partial charge >= 0.3 is 0 Å². The smallest absolute Gasteiger partial charge is 0.268 e. The number of hydrogen-bond acceptors (Lipinski definition) is 6. The van der Waals surface area contributed by atoms with Crippen molar-refractivity contribution in [3.63, 3.8) is 0 Å². The highest BCUT2D eigenvalue weighted by atomic mass is 16.4. The molecule has 0 amide bonds. The molecular formula is C10H13N5O2. The van der Waals surface area contributed by atoms with Crippen LogP contribution >= 0.6 is 0 Å². The van der Waals surface area contributed by atoms with Crippen molar-refractivity contribution < 1.29 is 4.42 Å². The van der Waals surface area contributed by atoms with Crippen LogP contribution in [-0.2, 0) is 0 Å². The van der Waals surface area contributed by atoms with E-state index >= 15 is 0 Å². The first kappa shape index (κ1) is 11.5. The van der Waals surface area contributed by atoms with Crippen LogP contribution in [0.4, 0.5) is 0 Å². The van der Waals surface area contributed by atoms with Crippen molar-refractivity contribution in [2.45, 2.75) is 19.9 Å². The molecule has 0 aliphatic carbocycles. The standard InChI is InChI=1S/C10H13N5O2/c1-3-11-6(2)9-14-15-10(17-9)7-4-5-8(16)13-12-7/h4-6,11H,3H2,1-2H3,(H,13,16). The van der Waals surface area contributed by atoms with Gasteiger partial charge in [-0.2, -0.15) is 5.10 Å². The van der Waals surface area contributed by atoms with Crippen molar-refractivity contribution in [2.24, 2.45) is 0 Å². The molecule has 7 nitrogen and oxygen atoms in total. The largest absolute Gasteiger partial charge is 0.417 e. The maximum absolute atomic E-state index is 10.9. The maximum atomic E-state index is 10.9. The summed E-state index contributed by atoms with van der Waals surface area (Å²) in [5, 5.41) is 17.1.